The van der Waals surface area contributed by atoms with Gasteiger partial charge in [-0.3, -0.25) is 14.4 Å². The molecule has 3 N–H and O–H groups in total. The van der Waals surface area contributed by atoms with Gasteiger partial charge in [-0.15, -0.1) is 11.3 Å². The maximum absolute atomic E-state index is 13.6. The van der Waals surface area contributed by atoms with E-state index in [2.05, 4.69) is 15.6 Å². The summed E-state index contributed by atoms with van der Waals surface area (Å²) in [5.74, 6) is -1.01. The Morgan fingerprint density at radius 1 is 1.21 bits per heavy atom. The molecule has 0 radical (unpaired) electrons. The monoisotopic (exact) mass is 542 g/mol. The molecule has 1 aliphatic rings. The molecule has 3 unspecified atom stereocenters. The second kappa shape index (κ2) is 13.1. The van der Waals surface area contributed by atoms with Gasteiger partial charge in [0, 0.05) is 32.4 Å². The van der Waals surface area contributed by atoms with E-state index in [1.54, 1.807) is 11.3 Å². The number of aliphatic hydroxyl groups is 1. The van der Waals surface area contributed by atoms with Gasteiger partial charge in [0.05, 0.1) is 22.2 Å². The fourth-order valence-electron chi connectivity index (χ4n) is 4.53. The van der Waals surface area contributed by atoms with E-state index < -0.39 is 23.6 Å². The number of likely N-dealkylation sites (tertiary alicyclic amines) is 1. The fraction of sp³-hybridized carbons (Fsp3) is 0.536. The van der Waals surface area contributed by atoms with Gasteiger partial charge in [-0.1, -0.05) is 45.0 Å². The minimum atomic E-state index is -0.857. The summed E-state index contributed by atoms with van der Waals surface area (Å²) in [6.07, 6.45) is 1.90. The number of hydrogen-bond acceptors (Lipinski definition) is 7. The average Bonchev–Trinajstić information content (AvgIpc) is 3.48. The number of rotatable bonds is 11. The molecule has 1 aliphatic heterocycles. The third-order valence-corrected chi connectivity index (χ3v) is 7.66. The van der Waals surface area contributed by atoms with Crippen molar-refractivity contribution in [2.24, 2.45) is 5.41 Å². The molecular weight excluding hydrogens is 504 g/mol. The molecule has 38 heavy (non-hydrogen) atoms. The first-order valence-corrected chi connectivity index (χ1v) is 13.9. The lowest BCUT2D eigenvalue weighted by Gasteiger charge is -2.35. The SMILES string of the molecule is Cc1ncsc1-c1ccc(CNC(=O)C2CC(O)CN2C(=O)C(NC(=O)CCCCC=O)C(C)(C)C)cc1. The largest absolute Gasteiger partial charge is 0.391 e. The molecule has 2 heterocycles. The lowest BCUT2D eigenvalue weighted by molar-refractivity contribution is -0.144. The third kappa shape index (κ3) is 7.70. The minimum Gasteiger partial charge on any atom is -0.391 e. The van der Waals surface area contributed by atoms with Gasteiger partial charge in [0.2, 0.25) is 17.7 Å². The molecule has 1 aromatic carbocycles. The first-order chi connectivity index (χ1) is 18.0. The van der Waals surface area contributed by atoms with Gasteiger partial charge >= 0.3 is 0 Å². The van der Waals surface area contributed by atoms with E-state index in [1.165, 1.54) is 4.90 Å². The lowest BCUT2D eigenvalue weighted by Crippen LogP contribution is -2.57. The molecule has 0 spiro atoms. The van der Waals surface area contributed by atoms with Gasteiger partial charge in [-0.05, 0) is 36.3 Å². The number of aldehydes is 1. The van der Waals surface area contributed by atoms with Crippen molar-refractivity contribution in [3.8, 4) is 10.4 Å². The number of nitrogens with zero attached hydrogens (tertiary/aromatic N) is 2. The van der Waals surface area contributed by atoms with Crippen LogP contribution < -0.4 is 10.6 Å². The topological polar surface area (TPSA) is 129 Å². The van der Waals surface area contributed by atoms with Crippen LogP contribution in [0.4, 0.5) is 0 Å². The van der Waals surface area contributed by atoms with Crippen LogP contribution >= 0.6 is 11.3 Å². The Balaban J connectivity index is 1.63. The molecule has 206 valence electrons. The highest BCUT2D eigenvalue weighted by atomic mass is 32.1. The van der Waals surface area contributed by atoms with Crippen molar-refractivity contribution in [2.75, 3.05) is 6.54 Å². The van der Waals surface area contributed by atoms with E-state index in [0.717, 1.165) is 28.0 Å². The summed E-state index contributed by atoms with van der Waals surface area (Å²) in [6.45, 7) is 7.83. The number of aliphatic hydroxyl groups excluding tert-OH is 1. The number of thiazole rings is 1. The van der Waals surface area contributed by atoms with E-state index in [-0.39, 0.29) is 43.7 Å². The van der Waals surface area contributed by atoms with Crippen LogP contribution in [0.5, 0.6) is 0 Å². The Morgan fingerprint density at radius 3 is 2.53 bits per heavy atom. The molecular formula is C28H38N4O5S. The Hall–Kier alpha value is -3.11. The normalized spacial score (nSPS) is 18.2. The standard InChI is InChI=1S/C28H38N4O5S/c1-18-24(38-17-30-18)20-11-9-19(10-12-20)15-29-26(36)22-14-21(34)16-32(22)27(37)25(28(2,3)4)31-23(35)8-6-5-7-13-33/h9-13,17,21-22,25,34H,5-8,14-16H2,1-4H3,(H,29,36)(H,31,35). The first kappa shape index (κ1) is 29.4. The van der Waals surface area contributed by atoms with E-state index in [9.17, 15) is 24.3 Å². The highest BCUT2D eigenvalue weighted by molar-refractivity contribution is 7.13. The summed E-state index contributed by atoms with van der Waals surface area (Å²) in [4.78, 5) is 56.5. The Morgan fingerprint density at radius 2 is 1.92 bits per heavy atom. The number of amides is 3. The number of β-amino-alcohol motifs (C(OH)–C–C–N with tert-alkyl or cyclic N) is 1. The molecule has 9 nitrogen and oxygen atoms in total. The van der Waals surface area contributed by atoms with Gasteiger partial charge in [-0.2, -0.15) is 0 Å². The summed E-state index contributed by atoms with van der Waals surface area (Å²) in [6, 6.07) is 6.19. The van der Waals surface area contributed by atoms with Crippen LogP contribution in [0.3, 0.4) is 0 Å². The molecule has 3 amide bonds. The van der Waals surface area contributed by atoms with Gasteiger partial charge in [0.1, 0.15) is 18.4 Å². The molecule has 1 aromatic heterocycles. The minimum absolute atomic E-state index is 0.0294. The van der Waals surface area contributed by atoms with Crippen LogP contribution in [0.2, 0.25) is 0 Å². The Bertz CT molecular complexity index is 1130. The highest BCUT2D eigenvalue weighted by Gasteiger charge is 2.44. The van der Waals surface area contributed by atoms with Crippen molar-refractivity contribution in [1.29, 1.82) is 0 Å². The molecule has 3 atom stereocenters. The van der Waals surface area contributed by atoms with Crippen molar-refractivity contribution >= 4 is 35.3 Å². The average molecular weight is 543 g/mol. The number of unbranched alkanes of at least 4 members (excludes halogenated alkanes) is 2. The molecule has 0 bridgehead atoms. The predicted octanol–water partition coefficient (Wildman–Crippen LogP) is 2.99. The number of nitrogens with one attached hydrogen (secondary N) is 2. The van der Waals surface area contributed by atoms with Crippen molar-refractivity contribution < 1.29 is 24.3 Å². The molecule has 1 saturated heterocycles. The first-order valence-electron chi connectivity index (χ1n) is 13.0. The van der Waals surface area contributed by atoms with Gasteiger partial charge in [0.15, 0.2) is 0 Å². The van der Waals surface area contributed by atoms with Crippen LogP contribution in [0.25, 0.3) is 10.4 Å². The summed E-state index contributed by atoms with van der Waals surface area (Å²) < 4.78 is 0. The summed E-state index contributed by atoms with van der Waals surface area (Å²) >= 11 is 1.58. The van der Waals surface area contributed by atoms with E-state index in [4.69, 9.17) is 0 Å². The van der Waals surface area contributed by atoms with Crippen LogP contribution in [0, 0.1) is 12.3 Å². The Kier molecular flexibility index (Phi) is 10.2. The number of aryl methyl sites for hydroxylation is 1. The molecule has 0 saturated carbocycles. The zero-order valence-corrected chi connectivity index (χ0v) is 23.3. The lowest BCUT2D eigenvalue weighted by atomic mass is 9.85. The van der Waals surface area contributed by atoms with Crippen molar-refractivity contribution in [2.45, 2.75) is 84.5 Å². The second-order valence-electron chi connectivity index (χ2n) is 10.9. The highest BCUT2D eigenvalue weighted by Crippen LogP contribution is 2.28. The number of hydrogen-bond donors (Lipinski definition) is 3. The summed E-state index contributed by atoms with van der Waals surface area (Å²) in [7, 11) is 0. The summed E-state index contributed by atoms with van der Waals surface area (Å²) in [5.41, 5.74) is 4.16. The molecule has 3 rings (SSSR count). The van der Waals surface area contributed by atoms with Crippen molar-refractivity contribution in [1.82, 2.24) is 20.5 Å². The number of carbonyl (C=O) groups excluding carboxylic acids is 4. The van der Waals surface area contributed by atoms with Crippen molar-refractivity contribution in [3.63, 3.8) is 0 Å². The zero-order chi connectivity index (χ0) is 27.9. The van der Waals surface area contributed by atoms with Crippen molar-refractivity contribution in [3.05, 3.63) is 41.0 Å². The van der Waals surface area contributed by atoms with E-state index in [1.807, 2.05) is 57.5 Å². The Labute approximate surface area is 228 Å². The quantitative estimate of drug-likeness (QED) is 0.296. The van der Waals surface area contributed by atoms with Crippen LogP contribution in [0.15, 0.2) is 29.8 Å². The fourth-order valence-corrected chi connectivity index (χ4v) is 5.34. The molecule has 10 heteroatoms. The number of carbonyl (C=O) groups is 4. The van der Waals surface area contributed by atoms with E-state index in [0.29, 0.717) is 19.3 Å². The van der Waals surface area contributed by atoms with E-state index >= 15 is 0 Å². The molecule has 2 aromatic rings. The summed E-state index contributed by atoms with van der Waals surface area (Å²) in [5, 5.41) is 16.1. The maximum Gasteiger partial charge on any atom is 0.246 e. The smallest absolute Gasteiger partial charge is 0.246 e. The van der Waals surface area contributed by atoms with Gasteiger partial charge < -0.3 is 25.4 Å². The maximum atomic E-state index is 13.6. The number of aromatic nitrogens is 1. The van der Waals surface area contributed by atoms with Gasteiger partial charge in [0.25, 0.3) is 0 Å². The third-order valence-electron chi connectivity index (χ3n) is 6.69. The predicted molar refractivity (Wildman–Crippen MR) is 146 cm³/mol. The van der Waals surface area contributed by atoms with Gasteiger partial charge in [-0.25, -0.2) is 4.98 Å². The second-order valence-corrected chi connectivity index (χ2v) is 11.7. The molecule has 0 aliphatic carbocycles. The van der Waals surface area contributed by atoms with Crippen LogP contribution in [0.1, 0.15) is 64.1 Å². The zero-order valence-electron chi connectivity index (χ0n) is 22.5. The molecule has 1 fully saturated rings. The number of benzene rings is 1. The van der Waals surface area contributed by atoms with Crippen LogP contribution in [-0.2, 0) is 25.7 Å². The van der Waals surface area contributed by atoms with Crippen LogP contribution in [-0.4, -0.2) is 63.7 Å².